The Balaban J connectivity index is 0.00000280. The van der Waals surface area contributed by atoms with E-state index in [9.17, 15) is 4.39 Å². The zero-order valence-corrected chi connectivity index (χ0v) is 19.6. The molecule has 158 valence electrons. The van der Waals surface area contributed by atoms with Gasteiger partial charge in [-0.05, 0) is 45.2 Å². The minimum atomic E-state index is -0.104. The Hall–Kier alpha value is -0.930. The summed E-state index contributed by atoms with van der Waals surface area (Å²) < 4.78 is 19.7. The SMILES string of the molecule is CCNC(=NCC(C)(C)N1CCOCC1)NCC1(c2ccccc2F)CC1.I. The summed E-state index contributed by atoms with van der Waals surface area (Å²) in [6.45, 7) is 12.2. The third-order valence-electron chi connectivity index (χ3n) is 5.73. The molecule has 1 heterocycles. The smallest absolute Gasteiger partial charge is 0.191 e. The standard InChI is InChI=1S/C21H33FN4O.HI/c1-4-23-19(24-15-20(2,3)26-11-13-27-14-12-26)25-16-21(9-10-21)17-7-5-6-8-18(17)22;/h5-8H,4,9-16H2,1-3H3,(H2,23,24,25);1H. The van der Waals surface area contributed by atoms with Gasteiger partial charge in [0, 0.05) is 37.1 Å². The van der Waals surface area contributed by atoms with E-state index >= 15 is 0 Å². The zero-order chi connectivity index (χ0) is 19.3. The molecule has 0 spiro atoms. The van der Waals surface area contributed by atoms with Crippen LogP contribution in [0.2, 0.25) is 0 Å². The van der Waals surface area contributed by atoms with E-state index in [1.165, 1.54) is 0 Å². The van der Waals surface area contributed by atoms with Crippen LogP contribution in [0.5, 0.6) is 0 Å². The molecule has 1 aromatic rings. The first-order valence-electron chi connectivity index (χ1n) is 10.1. The van der Waals surface area contributed by atoms with Gasteiger partial charge in [-0.1, -0.05) is 18.2 Å². The fourth-order valence-electron chi connectivity index (χ4n) is 3.72. The van der Waals surface area contributed by atoms with Crippen molar-refractivity contribution in [3.8, 4) is 0 Å². The molecule has 1 aliphatic heterocycles. The highest BCUT2D eigenvalue weighted by Crippen LogP contribution is 2.48. The van der Waals surface area contributed by atoms with Crippen LogP contribution in [0.25, 0.3) is 0 Å². The van der Waals surface area contributed by atoms with E-state index < -0.39 is 0 Å². The first kappa shape index (κ1) is 23.3. The minimum absolute atomic E-state index is 0. The number of halogens is 2. The summed E-state index contributed by atoms with van der Waals surface area (Å²) in [4.78, 5) is 7.26. The van der Waals surface area contributed by atoms with Gasteiger partial charge in [-0.2, -0.15) is 0 Å². The maximum absolute atomic E-state index is 14.2. The van der Waals surface area contributed by atoms with Crippen molar-refractivity contribution in [1.29, 1.82) is 0 Å². The quantitative estimate of drug-likeness (QED) is 0.341. The second kappa shape index (κ2) is 10.2. The Morgan fingerprint density at radius 3 is 2.50 bits per heavy atom. The lowest BCUT2D eigenvalue weighted by molar-refractivity contribution is -0.00683. The van der Waals surface area contributed by atoms with E-state index in [0.29, 0.717) is 13.1 Å². The van der Waals surface area contributed by atoms with Gasteiger partial charge < -0.3 is 15.4 Å². The number of hydrogen-bond donors (Lipinski definition) is 2. The lowest BCUT2D eigenvalue weighted by atomic mass is 9.95. The Morgan fingerprint density at radius 2 is 1.89 bits per heavy atom. The Labute approximate surface area is 185 Å². The number of benzene rings is 1. The fraction of sp³-hybridized carbons (Fsp3) is 0.667. The van der Waals surface area contributed by atoms with E-state index in [1.54, 1.807) is 12.1 Å². The van der Waals surface area contributed by atoms with Crippen LogP contribution in [-0.4, -0.2) is 62.3 Å². The van der Waals surface area contributed by atoms with Crippen molar-refractivity contribution in [3.05, 3.63) is 35.6 Å². The van der Waals surface area contributed by atoms with Crippen LogP contribution in [0, 0.1) is 5.82 Å². The topological polar surface area (TPSA) is 48.9 Å². The van der Waals surface area contributed by atoms with Crippen LogP contribution < -0.4 is 10.6 Å². The van der Waals surface area contributed by atoms with E-state index in [0.717, 1.165) is 57.2 Å². The first-order valence-corrected chi connectivity index (χ1v) is 10.1. The molecular weight excluding hydrogens is 470 g/mol. The molecule has 0 atom stereocenters. The second-order valence-electron chi connectivity index (χ2n) is 8.22. The zero-order valence-electron chi connectivity index (χ0n) is 17.3. The highest BCUT2D eigenvalue weighted by Gasteiger charge is 2.45. The second-order valence-corrected chi connectivity index (χ2v) is 8.22. The molecule has 1 aromatic carbocycles. The van der Waals surface area contributed by atoms with Gasteiger partial charge in [0.05, 0.1) is 19.8 Å². The highest BCUT2D eigenvalue weighted by atomic mass is 127. The molecule has 0 amide bonds. The van der Waals surface area contributed by atoms with Gasteiger partial charge in [0.15, 0.2) is 5.96 Å². The molecule has 1 saturated heterocycles. The molecule has 0 aromatic heterocycles. The molecule has 2 N–H and O–H groups in total. The van der Waals surface area contributed by atoms with Gasteiger partial charge in [0.1, 0.15) is 5.82 Å². The average molecular weight is 504 g/mol. The molecule has 1 saturated carbocycles. The molecule has 3 rings (SSSR count). The van der Waals surface area contributed by atoms with Crippen molar-refractivity contribution in [3.63, 3.8) is 0 Å². The van der Waals surface area contributed by atoms with Gasteiger partial charge in [-0.25, -0.2) is 4.39 Å². The summed E-state index contributed by atoms with van der Waals surface area (Å²) in [6, 6.07) is 7.14. The van der Waals surface area contributed by atoms with Crippen LogP contribution in [0.4, 0.5) is 4.39 Å². The highest BCUT2D eigenvalue weighted by molar-refractivity contribution is 14.0. The van der Waals surface area contributed by atoms with Crippen LogP contribution in [0.15, 0.2) is 29.3 Å². The number of nitrogens with one attached hydrogen (secondary N) is 2. The summed E-state index contributed by atoms with van der Waals surface area (Å²) in [7, 11) is 0. The van der Waals surface area contributed by atoms with Crippen LogP contribution in [0.1, 0.15) is 39.2 Å². The van der Waals surface area contributed by atoms with Crippen LogP contribution in [0.3, 0.4) is 0 Å². The number of hydrogen-bond acceptors (Lipinski definition) is 3. The molecule has 5 nitrogen and oxygen atoms in total. The van der Waals surface area contributed by atoms with Crippen molar-refractivity contribution in [2.45, 2.75) is 44.6 Å². The maximum atomic E-state index is 14.2. The lowest BCUT2D eigenvalue weighted by Gasteiger charge is -2.40. The van der Waals surface area contributed by atoms with Crippen molar-refractivity contribution in [2.75, 3.05) is 45.9 Å². The summed E-state index contributed by atoms with van der Waals surface area (Å²) in [5, 5.41) is 6.78. The largest absolute Gasteiger partial charge is 0.379 e. The van der Waals surface area contributed by atoms with E-state index in [2.05, 4.69) is 36.3 Å². The van der Waals surface area contributed by atoms with E-state index in [-0.39, 0.29) is 40.7 Å². The first-order chi connectivity index (χ1) is 13.0. The lowest BCUT2D eigenvalue weighted by Crippen LogP contribution is -2.52. The molecule has 2 aliphatic rings. The normalized spacial score (nSPS) is 19.6. The maximum Gasteiger partial charge on any atom is 0.191 e. The Bertz CT molecular complexity index is 658. The summed E-state index contributed by atoms with van der Waals surface area (Å²) in [6.07, 6.45) is 2.03. The van der Waals surface area contributed by atoms with Crippen molar-refractivity contribution in [1.82, 2.24) is 15.5 Å². The van der Waals surface area contributed by atoms with Crippen LogP contribution >= 0.6 is 24.0 Å². The minimum Gasteiger partial charge on any atom is -0.379 e. The molecule has 28 heavy (non-hydrogen) atoms. The number of guanidine groups is 1. The van der Waals surface area contributed by atoms with Crippen molar-refractivity contribution < 1.29 is 9.13 Å². The molecule has 0 bridgehead atoms. The Kier molecular flexibility index (Phi) is 8.51. The van der Waals surface area contributed by atoms with Crippen molar-refractivity contribution in [2.24, 2.45) is 4.99 Å². The number of rotatable bonds is 7. The van der Waals surface area contributed by atoms with Gasteiger partial charge in [-0.15, -0.1) is 24.0 Å². The molecule has 0 unspecified atom stereocenters. The van der Waals surface area contributed by atoms with Gasteiger partial charge in [0.25, 0.3) is 0 Å². The van der Waals surface area contributed by atoms with E-state index in [4.69, 9.17) is 9.73 Å². The predicted octanol–water partition coefficient (Wildman–Crippen LogP) is 3.14. The molecule has 0 radical (unpaired) electrons. The number of morpholine rings is 1. The molecule has 7 heteroatoms. The van der Waals surface area contributed by atoms with E-state index in [1.807, 2.05) is 12.1 Å². The summed E-state index contributed by atoms with van der Waals surface area (Å²) in [5.74, 6) is 0.702. The Morgan fingerprint density at radius 1 is 1.21 bits per heavy atom. The third-order valence-corrected chi connectivity index (χ3v) is 5.73. The average Bonchev–Trinajstić information content (AvgIpc) is 3.46. The molecule has 1 aliphatic carbocycles. The van der Waals surface area contributed by atoms with Crippen LogP contribution in [-0.2, 0) is 10.2 Å². The van der Waals surface area contributed by atoms with Crippen molar-refractivity contribution >= 4 is 29.9 Å². The summed E-state index contributed by atoms with van der Waals surface area (Å²) in [5.41, 5.74) is 0.706. The molecule has 2 fully saturated rings. The molecular formula is C21H34FIN4O. The number of ether oxygens (including phenoxy) is 1. The predicted molar refractivity (Wildman–Crippen MR) is 123 cm³/mol. The van der Waals surface area contributed by atoms with Gasteiger partial charge in [-0.3, -0.25) is 9.89 Å². The summed E-state index contributed by atoms with van der Waals surface area (Å²) >= 11 is 0. The number of nitrogens with zero attached hydrogens (tertiary/aromatic N) is 2. The number of aliphatic imine (C=N–C) groups is 1. The van der Waals surface area contributed by atoms with Gasteiger partial charge >= 0.3 is 0 Å². The third kappa shape index (κ3) is 5.79. The van der Waals surface area contributed by atoms with Gasteiger partial charge in [0.2, 0.25) is 0 Å². The monoisotopic (exact) mass is 504 g/mol. The fourth-order valence-corrected chi connectivity index (χ4v) is 3.72.